The highest BCUT2D eigenvalue weighted by molar-refractivity contribution is 7.91. The number of nitrogens with one attached hydrogen (secondary N) is 1. The largest absolute Gasteiger partial charge is 0.462 e. The molecule has 1 aliphatic rings. The van der Waals surface area contributed by atoms with E-state index in [4.69, 9.17) is 9.52 Å². The zero-order valence-electron chi connectivity index (χ0n) is 9.55. The maximum Gasteiger partial charge on any atom is 0.150 e. The van der Waals surface area contributed by atoms with Gasteiger partial charge in [0.1, 0.15) is 18.1 Å². The van der Waals surface area contributed by atoms with Gasteiger partial charge in [0.2, 0.25) is 0 Å². The predicted molar refractivity (Wildman–Crippen MR) is 63.1 cm³/mol. The number of aliphatic hydroxyl groups excluding tert-OH is 1. The molecule has 1 aromatic rings. The molecule has 1 aliphatic heterocycles. The predicted octanol–water partition coefficient (Wildman–Crippen LogP) is 0.296. The van der Waals surface area contributed by atoms with Crippen LogP contribution in [-0.4, -0.2) is 31.6 Å². The van der Waals surface area contributed by atoms with E-state index in [1.807, 2.05) is 6.07 Å². The Kier molecular flexibility index (Phi) is 3.86. The second-order valence-electron chi connectivity index (χ2n) is 4.43. The zero-order chi connectivity index (χ0) is 12.3. The number of aliphatic hydroxyl groups is 1. The van der Waals surface area contributed by atoms with Gasteiger partial charge >= 0.3 is 0 Å². The zero-order valence-corrected chi connectivity index (χ0v) is 10.4. The van der Waals surface area contributed by atoms with E-state index in [0.717, 1.165) is 12.2 Å². The standard InChI is InChI=1S/C11H17NO4S/c13-7-11-2-1-10(16-11)6-12-5-9-3-4-17(14,15)8-9/h1-2,9,12-13H,3-8H2. The summed E-state index contributed by atoms with van der Waals surface area (Å²) in [6.45, 7) is 1.16. The molecule has 0 amide bonds. The van der Waals surface area contributed by atoms with Crippen LogP contribution in [0.3, 0.4) is 0 Å². The molecule has 0 saturated carbocycles. The van der Waals surface area contributed by atoms with Crippen LogP contribution in [0.1, 0.15) is 17.9 Å². The van der Waals surface area contributed by atoms with Crippen molar-refractivity contribution < 1.29 is 17.9 Å². The highest BCUT2D eigenvalue weighted by atomic mass is 32.2. The van der Waals surface area contributed by atoms with E-state index in [1.54, 1.807) is 6.07 Å². The lowest BCUT2D eigenvalue weighted by Crippen LogP contribution is -2.23. The van der Waals surface area contributed by atoms with E-state index in [9.17, 15) is 8.42 Å². The Morgan fingerprint density at radius 2 is 2.18 bits per heavy atom. The topological polar surface area (TPSA) is 79.5 Å². The first-order chi connectivity index (χ1) is 8.09. The molecule has 1 saturated heterocycles. The van der Waals surface area contributed by atoms with Crippen LogP contribution in [0, 0.1) is 5.92 Å². The summed E-state index contributed by atoms with van der Waals surface area (Å²) in [5, 5.41) is 12.0. The Morgan fingerprint density at radius 3 is 2.76 bits per heavy atom. The Balaban J connectivity index is 1.73. The minimum atomic E-state index is -2.79. The van der Waals surface area contributed by atoms with Crippen LogP contribution in [0.15, 0.2) is 16.5 Å². The second-order valence-corrected chi connectivity index (χ2v) is 6.65. The molecule has 0 radical (unpaired) electrons. The molecule has 1 unspecified atom stereocenters. The Labute approximate surface area is 101 Å². The second kappa shape index (κ2) is 5.20. The van der Waals surface area contributed by atoms with Crippen LogP contribution in [0.4, 0.5) is 0 Å². The lowest BCUT2D eigenvalue weighted by atomic mass is 10.1. The van der Waals surface area contributed by atoms with Crippen molar-refractivity contribution in [2.45, 2.75) is 19.6 Å². The van der Waals surface area contributed by atoms with Gasteiger partial charge in [-0.1, -0.05) is 0 Å². The van der Waals surface area contributed by atoms with Gasteiger partial charge in [-0.15, -0.1) is 0 Å². The number of rotatable bonds is 5. The first-order valence-corrected chi connectivity index (χ1v) is 7.51. The van der Waals surface area contributed by atoms with Crippen LogP contribution >= 0.6 is 0 Å². The molecule has 2 heterocycles. The Hall–Kier alpha value is -0.850. The van der Waals surface area contributed by atoms with Crippen molar-refractivity contribution in [3.8, 4) is 0 Å². The third-order valence-electron chi connectivity index (χ3n) is 2.93. The Bertz CT molecular complexity index is 466. The molecule has 2 rings (SSSR count). The van der Waals surface area contributed by atoms with Crippen LogP contribution in [0.2, 0.25) is 0 Å². The highest BCUT2D eigenvalue weighted by Gasteiger charge is 2.27. The molecule has 2 N–H and O–H groups in total. The van der Waals surface area contributed by atoms with Gasteiger partial charge in [-0.05, 0) is 31.0 Å². The summed E-state index contributed by atoms with van der Waals surface area (Å²) >= 11 is 0. The third-order valence-corrected chi connectivity index (χ3v) is 4.77. The summed E-state index contributed by atoms with van der Waals surface area (Å²) in [5.74, 6) is 2.13. The van der Waals surface area contributed by atoms with Crippen molar-refractivity contribution in [1.82, 2.24) is 5.32 Å². The van der Waals surface area contributed by atoms with E-state index in [0.29, 0.717) is 30.4 Å². The van der Waals surface area contributed by atoms with E-state index < -0.39 is 9.84 Å². The summed E-state index contributed by atoms with van der Waals surface area (Å²) in [4.78, 5) is 0. The van der Waals surface area contributed by atoms with Crippen molar-refractivity contribution in [2.75, 3.05) is 18.1 Å². The van der Waals surface area contributed by atoms with Crippen LogP contribution in [0.25, 0.3) is 0 Å². The minimum Gasteiger partial charge on any atom is -0.462 e. The fourth-order valence-corrected chi connectivity index (χ4v) is 3.90. The van der Waals surface area contributed by atoms with Crippen molar-refractivity contribution in [3.05, 3.63) is 23.7 Å². The average Bonchev–Trinajstić information content (AvgIpc) is 2.85. The fraction of sp³-hybridized carbons (Fsp3) is 0.636. The number of hydrogen-bond donors (Lipinski definition) is 2. The van der Waals surface area contributed by atoms with Gasteiger partial charge in [0, 0.05) is 0 Å². The fourth-order valence-electron chi connectivity index (χ4n) is 2.03. The molecule has 1 atom stereocenters. The molecule has 0 bridgehead atoms. The molecule has 17 heavy (non-hydrogen) atoms. The lowest BCUT2D eigenvalue weighted by Gasteiger charge is -2.07. The van der Waals surface area contributed by atoms with Crippen molar-refractivity contribution in [3.63, 3.8) is 0 Å². The van der Waals surface area contributed by atoms with E-state index in [1.165, 1.54) is 0 Å². The molecule has 96 valence electrons. The number of furan rings is 1. The summed E-state index contributed by atoms with van der Waals surface area (Å²) in [6, 6.07) is 3.54. The molecule has 0 spiro atoms. The summed E-state index contributed by atoms with van der Waals surface area (Å²) in [5.41, 5.74) is 0. The van der Waals surface area contributed by atoms with Crippen LogP contribution in [-0.2, 0) is 23.0 Å². The molecule has 1 aromatic heterocycles. The first kappa shape index (κ1) is 12.6. The number of sulfone groups is 1. The van der Waals surface area contributed by atoms with E-state index >= 15 is 0 Å². The Morgan fingerprint density at radius 1 is 1.41 bits per heavy atom. The molecule has 0 aliphatic carbocycles. The van der Waals surface area contributed by atoms with E-state index in [-0.39, 0.29) is 12.5 Å². The highest BCUT2D eigenvalue weighted by Crippen LogP contribution is 2.17. The van der Waals surface area contributed by atoms with Gasteiger partial charge in [0.15, 0.2) is 9.84 Å². The lowest BCUT2D eigenvalue weighted by molar-refractivity contribution is 0.242. The molecular weight excluding hydrogens is 242 g/mol. The number of hydrogen-bond acceptors (Lipinski definition) is 5. The quantitative estimate of drug-likeness (QED) is 0.795. The van der Waals surface area contributed by atoms with Crippen molar-refractivity contribution in [2.24, 2.45) is 5.92 Å². The smallest absolute Gasteiger partial charge is 0.150 e. The van der Waals surface area contributed by atoms with Crippen LogP contribution in [0.5, 0.6) is 0 Å². The van der Waals surface area contributed by atoms with Crippen LogP contribution < -0.4 is 5.32 Å². The molecular formula is C11H17NO4S. The summed E-state index contributed by atoms with van der Waals surface area (Å²) in [7, 11) is -2.79. The minimum absolute atomic E-state index is 0.0964. The van der Waals surface area contributed by atoms with Gasteiger partial charge < -0.3 is 14.8 Å². The third kappa shape index (κ3) is 3.55. The van der Waals surface area contributed by atoms with E-state index in [2.05, 4.69) is 5.32 Å². The molecule has 1 fully saturated rings. The van der Waals surface area contributed by atoms with Gasteiger partial charge in [0.25, 0.3) is 0 Å². The average molecular weight is 259 g/mol. The molecule has 0 aromatic carbocycles. The molecule has 5 nitrogen and oxygen atoms in total. The van der Waals surface area contributed by atoms with Crippen molar-refractivity contribution in [1.29, 1.82) is 0 Å². The first-order valence-electron chi connectivity index (χ1n) is 5.68. The molecule has 6 heteroatoms. The normalized spacial score (nSPS) is 23.0. The van der Waals surface area contributed by atoms with Crippen molar-refractivity contribution >= 4 is 9.84 Å². The van der Waals surface area contributed by atoms with Gasteiger partial charge in [-0.25, -0.2) is 8.42 Å². The maximum atomic E-state index is 11.2. The van der Waals surface area contributed by atoms with Gasteiger partial charge in [0.05, 0.1) is 18.1 Å². The SMILES string of the molecule is O=S1(=O)CCC(CNCc2ccc(CO)o2)C1. The summed E-state index contributed by atoms with van der Waals surface area (Å²) in [6.07, 6.45) is 0.745. The maximum absolute atomic E-state index is 11.2. The van der Waals surface area contributed by atoms with Gasteiger partial charge in [-0.2, -0.15) is 0 Å². The van der Waals surface area contributed by atoms with Gasteiger partial charge in [-0.3, -0.25) is 0 Å². The summed E-state index contributed by atoms with van der Waals surface area (Å²) < 4.78 is 27.8. The monoisotopic (exact) mass is 259 g/mol.